The number of azide groups is 1. The van der Waals surface area contributed by atoms with Crippen molar-refractivity contribution in [2.24, 2.45) is 5.11 Å². The van der Waals surface area contributed by atoms with E-state index in [0.29, 0.717) is 0 Å². The second-order valence-corrected chi connectivity index (χ2v) is 12.2. The van der Waals surface area contributed by atoms with Gasteiger partial charge in [-0.1, -0.05) is 96.1 Å². The Morgan fingerprint density at radius 2 is 1.44 bits per heavy atom. The lowest BCUT2D eigenvalue weighted by Crippen LogP contribution is -2.67. The zero-order chi connectivity index (χ0) is 34.7. The van der Waals surface area contributed by atoms with Crippen LogP contribution in [0.3, 0.4) is 0 Å². The van der Waals surface area contributed by atoms with Gasteiger partial charge in [-0.2, -0.15) is 0 Å². The zero-order valence-corrected chi connectivity index (χ0v) is 27.5. The molecular weight excluding hydrogens is 648 g/mol. The van der Waals surface area contributed by atoms with Crippen molar-refractivity contribution >= 4 is 12.1 Å². The van der Waals surface area contributed by atoms with E-state index in [-0.39, 0.29) is 39.5 Å². The quantitative estimate of drug-likeness (QED) is 0.106. The first kappa shape index (κ1) is 35.3. The first-order chi connectivity index (χ1) is 24.5. The fourth-order valence-corrected chi connectivity index (χ4v) is 6.16. The lowest BCUT2D eigenvalue weighted by Gasteiger charge is -2.47. The average molecular weight is 689 g/mol. The molecule has 0 aliphatic carbocycles. The van der Waals surface area contributed by atoms with Crippen molar-refractivity contribution in [3.05, 3.63) is 118 Å². The normalized spacial score (nSPS) is 28.6. The van der Waals surface area contributed by atoms with Gasteiger partial charge in [-0.3, -0.25) is 4.79 Å². The Labute approximate surface area is 289 Å². The standard InChI is InChI=1S/C36H40N4O10/c1-23(41)43-22-30-32(44-18-24-11-5-2-6-12-24)33(45-19-25-13-7-3-8-14-25)31(38-36(42)47-20-26-15-9-4-10-16-26)35(50-30)48-28-17-27(39-40-37)34-46-21-29(28)49-34/h2-16,27-35H,17-22H2,1H3,(H,38,42)/t27-,28+,29-,30-,31-,32-,33-,34-,35-/m1/s1. The summed E-state index contributed by atoms with van der Waals surface area (Å²) in [6.45, 7) is 1.70. The summed E-state index contributed by atoms with van der Waals surface area (Å²) < 4.78 is 49.0. The summed E-state index contributed by atoms with van der Waals surface area (Å²) in [6, 6.07) is 26.8. The molecule has 0 spiro atoms. The minimum Gasteiger partial charge on any atom is -0.463 e. The van der Waals surface area contributed by atoms with E-state index in [4.69, 9.17) is 43.4 Å². The molecule has 3 aliphatic rings. The summed E-state index contributed by atoms with van der Waals surface area (Å²) in [6.07, 6.45) is -6.07. The summed E-state index contributed by atoms with van der Waals surface area (Å²) in [5.41, 5.74) is 11.7. The number of hydrogen-bond donors (Lipinski definition) is 1. The predicted octanol–water partition coefficient (Wildman–Crippen LogP) is 4.95. The molecule has 3 heterocycles. The van der Waals surface area contributed by atoms with E-state index in [1.54, 1.807) is 0 Å². The van der Waals surface area contributed by atoms with Gasteiger partial charge in [0.2, 0.25) is 0 Å². The Bertz CT molecular complexity index is 1580. The van der Waals surface area contributed by atoms with Gasteiger partial charge in [-0.25, -0.2) is 4.79 Å². The highest BCUT2D eigenvalue weighted by Gasteiger charge is 2.52. The van der Waals surface area contributed by atoms with Gasteiger partial charge in [-0.15, -0.1) is 0 Å². The van der Waals surface area contributed by atoms with E-state index < -0.39 is 67.2 Å². The van der Waals surface area contributed by atoms with Crippen molar-refractivity contribution in [1.82, 2.24) is 5.32 Å². The van der Waals surface area contributed by atoms with E-state index in [9.17, 15) is 9.59 Å². The number of esters is 1. The Kier molecular flexibility index (Phi) is 12.3. The van der Waals surface area contributed by atoms with Crippen LogP contribution >= 0.6 is 0 Å². The maximum Gasteiger partial charge on any atom is 0.407 e. The summed E-state index contributed by atoms with van der Waals surface area (Å²) in [7, 11) is 0. The van der Waals surface area contributed by atoms with Gasteiger partial charge in [-0.05, 0) is 28.6 Å². The van der Waals surface area contributed by atoms with Crippen molar-refractivity contribution in [2.75, 3.05) is 13.2 Å². The topological polar surface area (TPSA) is 169 Å². The molecule has 3 saturated heterocycles. The molecular formula is C36H40N4O10. The third-order valence-electron chi connectivity index (χ3n) is 8.61. The van der Waals surface area contributed by atoms with Crippen molar-refractivity contribution in [2.45, 2.75) is 88.3 Å². The number of carbonyl (C=O) groups is 2. The van der Waals surface area contributed by atoms with E-state index in [1.807, 2.05) is 91.0 Å². The second kappa shape index (κ2) is 17.4. The van der Waals surface area contributed by atoms with Gasteiger partial charge in [0.05, 0.1) is 32.0 Å². The Morgan fingerprint density at radius 1 is 0.840 bits per heavy atom. The molecule has 14 heteroatoms. The van der Waals surface area contributed by atoms with Crippen LogP contribution in [0.15, 0.2) is 96.1 Å². The third-order valence-corrected chi connectivity index (χ3v) is 8.61. The molecule has 264 valence electrons. The molecule has 0 aromatic heterocycles. The molecule has 3 aromatic carbocycles. The monoisotopic (exact) mass is 688 g/mol. The molecule has 1 amide bonds. The largest absolute Gasteiger partial charge is 0.463 e. The SMILES string of the molecule is CC(=O)OC[C@H]1O[C@@H](O[C@H]2C[C@@H](N=[N+]=[N-])[C@@H]3OC[C@H]2O3)[C@H](NC(=O)OCc2ccccc2)[C@@H](OCc2ccccc2)[C@@H]1OCc1ccccc1. The number of alkyl carbamates (subject to hydrolysis) is 1. The van der Waals surface area contributed by atoms with Gasteiger partial charge in [0.25, 0.3) is 0 Å². The number of nitrogens with one attached hydrogen (secondary N) is 1. The fraction of sp³-hybridized carbons (Fsp3) is 0.444. The molecule has 2 bridgehead atoms. The fourth-order valence-electron chi connectivity index (χ4n) is 6.16. The summed E-state index contributed by atoms with van der Waals surface area (Å²) in [5, 5.41) is 6.78. The minimum atomic E-state index is -1.17. The molecule has 3 aliphatic heterocycles. The minimum absolute atomic E-state index is 0.0232. The van der Waals surface area contributed by atoms with Gasteiger partial charge in [0, 0.05) is 11.8 Å². The van der Waals surface area contributed by atoms with E-state index in [2.05, 4.69) is 15.3 Å². The number of hydrogen-bond acceptors (Lipinski definition) is 11. The number of fused-ring (bicyclic) bond motifs is 2. The van der Waals surface area contributed by atoms with Crippen LogP contribution in [-0.2, 0) is 62.5 Å². The molecule has 14 nitrogen and oxygen atoms in total. The average Bonchev–Trinajstić information content (AvgIpc) is 3.57. The molecule has 0 unspecified atom stereocenters. The van der Waals surface area contributed by atoms with E-state index in [1.165, 1.54) is 6.92 Å². The molecule has 0 radical (unpaired) electrons. The van der Waals surface area contributed by atoms with Crippen molar-refractivity contribution in [3.63, 3.8) is 0 Å². The number of rotatable bonds is 14. The summed E-state index contributed by atoms with van der Waals surface area (Å²) >= 11 is 0. The maximum absolute atomic E-state index is 13.5. The van der Waals surface area contributed by atoms with Crippen LogP contribution < -0.4 is 5.32 Å². The van der Waals surface area contributed by atoms with Crippen LogP contribution in [0.25, 0.3) is 10.4 Å². The predicted molar refractivity (Wildman–Crippen MR) is 176 cm³/mol. The second-order valence-electron chi connectivity index (χ2n) is 12.2. The van der Waals surface area contributed by atoms with Crippen molar-refractivity contribution < 1.29 is 47.5 Å². The number of ether oxygens (including phenoxy) is 8. The molecule has 3 aromatic rings. The molecule has 3 fully saturated rings. The van der Waals surface area contributed by atoms with Gasteiger partial charge in [0.1, 0.15) is 43.7 Å². The highest BCUT2D eigenvalue weighted by molar-refractivity contribution is 5.68. The van der Waals surface area contributed by atoms with Crippen LogP contribution in [-0.4, -0.2) is 80.5 Å². The first-order valence-electron chi connectivity index (χ1n) is 16.5. The molecule has 1 N–H and O–H groups in total. The smallest absolute Gasteiger partial charge is 0.407 e. The molecule has 50 heavy (non-hydrogen) atoms. The lowest BCUT2D eigenvalue weighted by atomic mass is 9.95. The van der Waals surface area contributed by atoms with Crippen molar-refractivity contribution in [1.29, 1.82) is 0 Å². The van der Waals surface area contributed by atoms with Crippen LogP contribution in [0, 0.1) is 0 Å². The number of carbonyl (C=O) groups excluding carboxylic acids is 2. The van der Waals surface area contributed by atoms with Gasteiger partial charge in [0.15, 0.2) is 12.6 Å². The van der Waals surface area contributed by atoms with Crippen LogP contribution in [0.1, 0.15) is 30.0 Å². The van der Waals surface area contributed by atoms with Crippen LogP contribution in [0.4, 0.5) is 4.79 Å². The highest BCUT2D eigenvalue weighted by Crippen LogP contribution is 2.35. The number of nitrogens with zero attached hydrogens (tertiary/aromatic N) is 3. The van der Waals surface area contributed by atoms with Crippen LogP contribution in [0.5, 0.6) is 0 Å². The van der Waals surface area contributed by atoms with Crippen LogP contribution in [0.2, 0.25) is 0 Å². The Balaban J connectivity index is 1.31. The van der Waals surface area contributed by atoms with E-state index in [0.717, 1.165) is 16.7 Å². The third kappa shape index (κ3) is 9.37. The van der Waals surface area contributed by atoms with Gasteiger partial charge >= 0.3 is 12.1 Å². The van der Waals surface area contributed by atoms with Gasteiger partial charge < -0.3 is 43.2 Å². The van der Waals surface area contributed by atoms with E-state index >= 15 is 0 Å². The number of amides is 1. The molecule has 9 atom stereocenters. The maximum atomic E-state index is 13.5. The molecule has 0 saturated carbocycles. The Morgan fingerprint density at radius 3 is 2.04 bits per heavy atom. The van der Waals surface area contributed by atoms with Crippen molar-refractivity contribution in [3.8, 4) is 0 Å². The Hall–Kier alpha value is -4.53. The molecule has 6 rings (SSSR count). The highest BCUT2D eigenvalue weighted by atomic mass is 16.8. The lowest BCUT2D eigenvalue weighted by molar-refractivity contribution is -0.308. The summed E-state index contributed by atoms with van der Waals surface area (Å²) in [5.74, 6) is -0.508. The summed E-state index contributed by atoms with van der Waals surface area (Å²) in [4.78, 5) is 28.5. The number of benzene rings is 3. The first-order valence-corrected chi connectivity index (χ1v) is 16.5. The zero-order valence-electron chi connectivity index (χ0n) is 27.5.